The van der Waals surface area contributed by atoms with Crippen LogP contribution in [-0.2, 0) is 0 Å². The van der Waals surface area contributed by atoms with Crippen LogP contribution < -0.4 is 10.6 Å². The van der Waals surface area contributed by atoms with Crippen LogP contribution in [0.3, 0.4) is 0 Å². The molecule has 0 aliphatic heterocycles. The van der Waals surface area contributed by atoms with Crippen molar-refractivity contribution in [2.24, 2.45) is 0 Å². The van der Waals surface area contributed by atoms with Crippen LogP contribution >= 0.6 is 11.6 Å². The second-order valence-corrected chi connectivity index (χ2v) is 4.13. The average molecular weight is 267 g/mol. The zero-order valence-electron chi connectivity index (χ0n) is 9.96. The van der Waals surface area contributed by atoms with Crippen molar-refractivity contribution in [3.8, 4) is 0 Å². The largest absolute Gasteiger partial charge is 0.357 e. The molecule has 1 heterocycles. The van der Waals surface area contributed by atoms with Crippen LogP contribution in [0.1, 0.15) is 5.56 Å². The van der Waals surface area contributed by atoms with E-state index in [0.29, 0.717) is 22.5 Å². The van der Waals surface area contributed by atoms with Crippen molar-refractivity contribution in [3.63, 3.8) is 0 Å². The molecule has 0 spiro atoms. The Morgan fingerprint density at radius 2 is 2.11 bits per heavy atom. The molecule has 0 aliphatic carbocycles. The van der Waals surface area contributed by atoms with E-state index in [1.807, 2.05) is 6.92 Å². The maximum absolute atomic E-state index is 13.2. The fourth-order valence-electron chi connectivity index (χ4n) is 1.43. The molecule has 6 heteroatoms. The number of nitrogens with one attached hydrogen (secondary N) is 2. The highest BCUT2D eigenvalue weighted by Crippen LogP contribution is 2.26. The molecule has 1 aromatic carbocycles. The first-order valence-corrected chi connectivity index (χ1v) is 5.71. The van der Waals surface area contributed by atoms with Crippen molar-refractivity contribution in [2.75, 3.05) is 17.7 Å². The van der Waals surface area contributed by atoms with E-state index in [9.17, 15) is 4.39 Å². The molecule has 18 heavy (non-hydrogen) atoms. The summed E-state index contributed by atoms with van der Waals surface area (Å²) >= 11 is 5.99. The second-order valence-electron chi connectivity index (χ2n) is 3.72. The molecule has 2 rings (SSSR count). The number of nitrogens with zero attached hydrogens (tertiary/aromatic N) is 2. The van der Waals surface area contributed by atoms with Crippen LogP contribution in [0.5, 0.6) is 0 Å². The Hall–Kier alpha value is -1.88. The van der Waals surface area contributed by atoms with E-state index < -0.39 is 0 Å². The number of hydrogen-bond donors (Lipinski definition) is 2. The first-order valence-electron chi connectivity index (χ1n) is 5.33. The van der Waals surface area contributed by atoms with Crippen LogP contribution in [0, 0.1) is 12.7 Å². The number of benzene rings is 1. The third-order valence-electron chi connectivity index (χ3n) is 2.42. The van der Waals surface area contributed by atoms with Gasteiger partial charge in [-0.2, -0.15) is 4.98 Å². The van der Waals surface area contributed by atoms with Crippen LogP contribution in [-0.4, -0.2) is 17.0 Å². The standard InChI is InChI=1S/C12H12ClFN4/c1-7-3-4-8(14)5-10(7)17-11-9(13)6-16-12(15-2)18-11/h3-6H,1-2H3,(H2,15,16,17,18). The lowest BCUT2D eigenvalue weighted by Crippen LogP contribution is -2.02. The molecular weight excluding hydrogens is 255 g/mol. The Morgan fingerprint density at radius 1 is 1.33 bits per heavy atom. The molecule has 0 aliphatic rings. The zero-order chi connectivity index (χ0) is 13.1. The van der Waals surface area contributed by atoms with Crippen molar-refractivity contribution < 1.29 is 4.39 Å². The first kappa shape index (κ1) is 12.6. The minimum absolute atomic E-state index is 0.317. The lowest BCUT2D eigenvalue weighted by Gasteiger charge is -2.11. The summed E-state index contributed by atoms with van der Waals surface area (Å²) in [4.78, 5) is 8.14. The molecule has 0 saturated carbocycles. The van der Waals surface area contributed by atoms with Gasteiger partial charge in [-0.1, -0.05) is 17.7 Å². The van der Waals surface area contributed by atoms with Crippen molar-refractivity contribution in [1.82, 2.24) is 9.97 Å². The third kappa shape index (κ3) is 2.68. The Bertz CT molecular complexity index is 574. The minimum atomic E-state index is -0.317. The fraction of sp³-hybridized carbons (Fsp3) is 0.167. The second kappa shape index (κ2) is 5.18. The molecule has 0 amide bonds. The summed E-state index contributed by atoms with van der Waals surface area (Å²) in [5, 5.41) is 6.18. The van der Waals surface area contributed by atoms with E-state index in [1.165, 1.54) is 18.3 Å². The molecule has 94 valence electrons. The van der Waals surface area contributed by atoms with E-state index in [2.05, 4.69) is 20.6 Å². The van der Waals surface area contributed by atoms with Gasteiger partial charge >= 0.3 is 0 Å². The number of halogens is 2. The van der Waals surface area contributed by atoms with Gasteiger partial charge < -0.3 is 10.6 Å². The Labute approximate surface area is 109 Å². The fourth-order valence-corrected chi connectivity index (χ4v) is 1.57. The molecule has 1 aromatic heterocycles. The van der Waals surface area contributed by atoms with E-state index in [1.54, 1.807) is 13.1 Å². The highest BCUT2D eigenvalue weighted by Gasteiger charge is 2.07. The van der Waals surface area contributed by atoms with Crippen LogP contribution in [0.2, 0.25) is 5.02 Å². The van der Waals surface area contributed by atoms with Gasteiger partial charge in [0.05, 0.1) is 6.20 Å². The molecule has 0 radical (unpaired) electrons. The molecular formula is C12H12ClFN4. The van der Waals surface area contributed by atoms with Gasteiger partial charge in [-0.25, -0.2) is 9.37 Å². The van der Waals surface area contributed by atoms with Gasteiger partial charge in [-0.05, 0) is 24.6 Å². The predicted molar refractivity (Wildman–Crippen MR) is 71.0 cm³/mol. The molecule has 2 N–H and O–H groups in total. The summed E-state index contributed by atoms with van der Waals surface area (Å²) in [6.45, 7) is 1.87. The molecule has 0 atom stereocenters. The van der Waals surface area contributed by atoms with Crippen molar-refractivity contribution in [2.45, 2.75) is 6.92 Å². The highest BCUT2D eigenvalue weighted by molar-refractivity contribution is 6.32. The molecule has 2 aromatic rings. The third-order valence-corrected chi connectivity index (χ3v) is 2.70. The smallest absolute Gasteiger partial charge is 0.224 e. The summed E-state index contributed by atoms with van der Waals surface area (Å²) in [7, 11) is 1.71. The quantitative estimate of drug-likeness (QED) is 0.894. The zero-order valence-corrected chi connectivity index (χ0v) is 10.7. The van der Waals surface area contributed by atoms with E-state index in [4.69, 9.17) is 11.6 Å². The maximum Gasteiger partial charge on any atom is 0.224 e. The maximum atomic E-state index is 13.2. The number of hydrogen-bond acceptors (Lipinski definition) is 4. The van der Waals surface area contributed by atoms with Gasteiger partial charge in [-0.15, -0.1) is 0 Å². The van der Waals surface area contributed by atoms with Crippen LogP contribution in [0.25, 0.3) is 0 Å². The monoisotopic (exact) mass is 266 g/mol. The summed E-state index contributed by atoms with van der Waals surface area (Å²) in [6, 6.07) is 4.49. The predicted octanol–water partition coefficient (Wildman–Crippen LogP) is 3.36. The van der Waals surface area contributed by atoms with E-state index >= 15 is 0 Å². The Balaban J connectivity index is 2.36. The average Bonchev–Trinajstić information content (AvgIpc) is 2.36. The van der Waals surface area contributed by atoms with Gasteiger partial charge in [0.15, 0.2) is 5.82 Å². The van der Waals surface area contributed by atoms with Gasteiger partial charge in [0.25, 0.3) is 0 Å². The van der Waals surface area contributed by atoms with Crippen molar-refractivity contribution in [1.29, 1.82) is 0 Å². The van der Waals surface area contributed by atoms with Crippen molar-refractivity contribution >= 4 is 29.1 Å². The van der Waals surface area contributed by atoms with Crippen LogP contribution in [0.4, 0.5) is 21.8 Å². The number of aryl methyl sites for hydroxylation is 1. The summed E-state index contributed by atoms with van der Waals surface area (Å²) in [5.41, 5.74) is 1.52. The van der Waals surface area contributed by atoms with Gasteiger partial charge in [0.1, 0.15) is 10.8 Å². The normalized spacial score (nSPS) is 10.2. The molecule has 0 saturated heterocycles. The van der Waals surface area contributed by atoms with Gasteiger partial charge in [0.2, 0.25) is 5.95 Å². The number of aromatic nitrogens is 2. The molecule has 0 unspecified atom stereocenters. The Morgan fingerprint density at radius 3 is 2.83 bits per heavy atom. The molecule has 0 fully saturated rings. The lowest BCUT2D eigenvalue weighted by molar-refractivity contribution is 0.628. The molecule has 4 nitrogen and oxygen atoms in total. The molecule has 0 bridgehead atoms. The summed E-state index contributed by atoms with van der Waals surface area (Å²) in [6.07, 6.45) is 1.48. The van der Waals surface area contributed by atoms with Gasteiger partial charge in [0, 0.05) is 12.7 Å². The number of rotatable bonds is 3. The van der Waals surface area contributed by atoms with E-state index in [-0.39, 0.29) is 5.82 Å². The minimum Gasteiger partial charge on any atom is -0.357 e. The van der Waals surface area contributed by atoms with E-state index in [0.717, 1.165) is 5.56 Å². The first-order chi connectivity index (χ1) is 8.60. The highest BCUT2D eigenvalue weighted by atomic mass is 35.5. The lowest BCUT2D eigenvalue weighted by atomic mass is 10.2. The summed E-state index contributed by atoms with van der Waals surface area (Å²) in [5.74, 6) is 0.558. The Kier molecular flexibility index (Phi) is 3.62. The topological polar surface area (TPSA) is 49.8 Å². The van der Waals surface area contributed by atoms with Crippen LogP contribution in [0.15, 0.2) is 24.4 Å². The number of anilines is 3. The van der Waals surface area contributed by atoms with Crippen molar-refractivity contribution in [3.05, 3.63) is 40.8 Å². The van der Waals surface area contributed by atoms with Gasteiger partial charge in [-0.3, -0.25) is 0 Å². The SMILES string of the molecule is CNc1ncc(Cl)c(Nc2cc(F)ccc2C)n1. The summed E-state index contributed by atoms with van der Waals surface area (Å²) < 4.78 is 13.2.